The number of hydrogen-bond donors (Lipinski definition) is 2. The van der Waals surface area contributed by atoms with E-state index in [-0.39, 0.29) is 23.6 Å². The smallest absolute Gasteiger partial charge is 0.243 e. The van der Waals surface area contributed by atoms with Gasteiger partial charge in [-0.2, -0.15) is 0 Å². The predicted octanol–water partition coefficient (Wildman–Crippen LogP) is 4.32. The molecule has 0 bridgehead atoms. The number of amides is 1. The molecule has 2 rings (SSSR count). The van der Waals surface area contributed by atoms with E-state index in [4.69, 9.17) is 16.3 Å². The van der Waals surface area contributed by atoms with Crippen LogP contribution >= 0.6 is 11.6 Å². The fourth-order valence-corrected chi connectivity index (χ4v) is 2.10. The largest absolute Gasteiger partial charge is 0.489 e. The molecular weight excluding hydrogens is 319 g/mol. The molecule has 0 aliphatic rings. The van der Waals surface area contributed by atoms with E-state index < -0.39 is 5.82 Å². The molecule has 122 valence electrons. The minimum absolute atomic E-state index is 0.0353. The van der Waals surface area contributed by atoms with Gasteiger partial charge in [0.25, 0.3) is 0 Å². The van der Waals surface area contributed by atoms with Crippen molar-refractivity contribution < 1.29 is 13.9 Å². The van der Waals surface area contributed by atoms with Gasteiger partial charge in [-0.3, -0.25) is 4.79 Å². The molecule has 0 unspecified atom stereocenters. The molecule has 0 aromatic heterocycles. The van der Waals surface area contributed by atoms with Crippen molar-refractivity contribution in [1.29, 1.82) is 0 Å². The van der Waals surface area contributed by atoms with Crippen LogP contribution in [0.25, 0.3) is 0 Å². The Morgan fingerprint density at radius 3 is 2.70 bits per heavy atom. The Bertz CT molecular complexity index is 692. The molecule has 2 N–H and O–H groups in total. The van der Waals surface area contributed by atoms with Gasteiger partial charge < -0.3 is 15.4 Å². The summed E-state index contributed by atoms with van der Waals surface area (Å²) in [5, 5.41) is 5.63. The van der Waals surface area contributed by atoms with Crippen LogP contribution in [0.5, 0.6) is 5.75 Å². The van der Waals surface area contributed by atoms with E-state index in [9.17, 15) is 9.18 Å². The Labute approximate surface area is 139 Å². The van der Waals surface area contributed by atoms with Crippen LogP contribution in [0.4, 0.5) is 15.8 Å². The van der Waals surface area contributed by atoms with Crippen LogP contribution in [-0.2, 0) is 4.79 Å². The van der Waals surface area contributed by atoms with Gasteiger partial charge in [-0.1, -0.05) is 23.7 Å². The van der Waals surface area contributed by atoms with Crippen molar-refractivity contribution in [3.05, 3.63) is 53.3 Å². The molecule has 0 saturated carbocycles. The van der Waals surface area contributed by atoms with Crippen LogP contribution in [0.15, 0.2) is 42.5 Å². The number of ether oxygens (including phenoxy) is 1. The lowest BCUT2D eigenvalue weighted by Crippen LogP contribution is -2.22. The molecule has 6 heteroatoms. The highest BCUT2D eigenvalue weighted by atomic mass is 35.5. The molecule has 0 aliphatic heterocycles. The van der Waals surface area contributed by atoms with Crippen molar-refractivity contribution in [3.63, 3.8) is 0 Å². The maximum atomic E-state index is 13.1. The number of carbonyl (C=O) groups is 1. The van der Waals surface area contributed by atoms with Crippen LogP contribution in [0.2, 0.25) is 5.02 Å². The molecule has 0 atom stereocenters. The summed E-state index contributed by atoms with van der Waals surface area (Å²) in [5.41, 5.74) is 1.17. The van der Waals surface area contributed by atoms with Gasteiger partial charge in [0.1, 0.15) is 11.6 Å². The molecule has 2 aromatic rings. The third-order valence-electron chi connectivity index (χ3n) is 2.89. The van der Waals surface area contributed by atoms with E-state index in [1.165, 1.54) is 18.2 Å². The number of carbonyl (C=O) groups excluding carboxylic acids is 1. The van der Waals surface area contributed by atoms with Crippen molar-refractivity contribution in [2.45, 2.75) is 20.0 Å². The molecule has 23 heavy (non-hydrogen) atoms. The molecule has 0 heterocycles. The molecule has 0 radical (unpaired) electrons. The Balaban J connectivity index is 1.95. The zero-order chi connectivity index (χ0) is 16.8. The summed E-state index contributed by atoms with van der Waals surface area (Å²) in [4.78, 5) is 12.0. The molecule has 0 fully saturated rings. The fraction of sp³-hybridized carbons (Fsp3) is 0.235. The molecular formula is C17H18ClFN2O2. The lowest BCUT2D eigenvalue weighted by molar-refractivity contribution is -0.114. The van der Waals surface area contributed by atoms with Gasteiger partial charge in [0.15, 0.2) is 0 Å². The Kier molecular flexibility index (Phi) is 5.82. The summed E-state index contributed by atoms with van der Waals surface area (Å²) < 4.78 is 18.8. The molecule has 1 amide bonds. The van der Waals surface area contributed by atoms with Crippen LogP contribution in [0, 0.1) is 5.82 Å². The first-order chi connectivity index (χ1) is 11.0. The second kappa shape index (κ2) is 7.83. The molecule has 0 spiro atoms. The van der Waals surface area contributed by atoms with Gasteiger partial charge >= 0.3 is 0 Å². The monoisotopic (exact) mass is 336 g/mol. The summed E-state index contributed by atoms with van der Waals surface area (Å²) >= 11 is 5.68. The summed E-state index contributed by atoms with van der Waals surface area (Å²) in [6, 6.07) is 11.4. The van der Waals surface area contributed by atoms with E-state index in [1.807, 2.05) is 38.1 Å². The van der Waals surface area contributed by atoms with E-state index in [2.05, 4.69) is 10.6 Å². The Morgan fingerprint density at radius 2 is 2.00 bits per heavy atom. The second-order valence-corrected chi connectivity index (χ2v) is 5.60. The fourth-order valence-electron chi connectivity index (χ4n) is 1.92. The van der Waals surface area contributed by atoms with Gasteiger partial charge in [0.2, 0.25) is 5.91 Å². The SMILES string of the molecule is CC(C)Oc1ccccc1NCC(=O)Nc1ccc(F)c(Cl)c1. The average molecular weight is 337 g/mol. The molecule has 4 nitrogen and oxygen atoms in total. The topological polar surface area (TPSA) is 50.4 Å². The van der Waals surface area contributed by atoms with Gasteiger partial charge in [0, 0.05) is 5.69 Å². The Hall–Kier alpha value is -2.27. The number of nitrogens with one attached hydrogen (secondary N) is 2. The van der Waals surface area contributed by atoms with Gasteiger partial charge in [-0.25, -0.2) is 4.39 Å². The summed E-state index contributed by atoms with van der Waals surface area (Å²) in [6.45, 7) is 3.91. The van der Waals surface area contributed by atoms with Gasteiger partial charge in [-0.15, -0.1) is 0 Å². The first-order valence-corrected chi connectivity index (χ1v) is 7.58. The maximum absolute atomic E-state index is 13.1. The standard InChI is InChI=1S/C17H18ClFN2O2/c1-11(2)23-16-6-4-3-5-15(16)20-10-17(22)21-12-7-8-14(19)13(18)9-12/h3-9,11,20H,10H2,1-2H3,(H,21,22). The minimum atomic E-state index is -0.525. The summed E-state index contributed by atoms with van der Waals surface area (Å²) in [5.74, 6) is -0.116. The number of anilines is 2. The molecule has 0 saturated heterocycles. The van der Waals surface area contributed by atoms with Crippen LogP contribution < -0.4 is 15.4 Å². The number of halogens is 2. The van der Waals surface area contributed by atoms with Gasteiger partial charge in [0.05, 0.1) is 23.4 Å². The highest BCUT2D eigenvalue weighted by Gasteiger charge is 2.08. The summed E-state index contributed by atoms with van der Waals surface area (Å²) in [6.07, 6.45) is 0.0353. The van der Waals surface area contributed by atoms with Crippen molar-refractivity contribution in [1.82, 2.24) is 0 Å². The van der Waals surface area contributed by atoms with Crippen molar-refractivity contribution in [2.24, 2.45) is 0 Å². The predicted molar refractivity (Wildman–Crippen MR) is 90.7 cm³/mol. The van der Waals surface area contributed by atoms with E-state index in [0.29, 0.717) is 11.4 Å². The maximum Gasteiger partial charge on any atom is 0.243 e. The number of benzene rings is 2. The second-order valence-electron chi connectivity index (χ2n) is 5.19. The first kappa shape index (κ1) is 17.1. The van der Waals surface area contributed by atoms with Crippen molar-refractivity contribution in [2.75, 3.05) is 17.2 Å². The van der Waals surface area contributed by atoms with E-state index in [0.717, 1.165) is 5.69 Å². The van der Waals surface area contributed by atoms with Gasteiger partial charge in [-0.05, 0) is 44.2 Å². The zero-order valence-electron chi connectivity index (χ0n) is 12.9. The highest BCUT2D eigenvalue weighted by molar-refractivity contribution is 6.31. The third kappa shape index (κ3) is 5.14. The lowest BCUT2D eigenvalue weighted by atomic mass is 10.2. The van der Waals surface area contributed by atoms with Crippen LogP contribution in [-0.4, -0.2) is 18.6 Å². The zero-order valence-corrected chi connectivity index (χ0v) is 13.7. The minimum Gasteiger partial charge on any atom is -0.489 e. The van der Waals surface area contributed by atoms with E-state index in [1.54, 1.807) is 0 Å². The van der Waals surface area contributed by atoms with Crippen LogP contribution in [0.3, 0.4) is 0 Å². The van der Waals surface area contributed by atoms with E-state index >= 15 is 0 Å². The van der Waals surface area contributed by atoms with Crippen molar-refractivity contribution >= 4 is 28.9 Å². The number of hydrogen-bond acceptors (Lipinski definition) is 3. The summed E-state index contributed by atoms with van der Waals surface area (Å²) in [7, 11) is 0. The third-order valence-corrected chi connectivity index (χ3v) is 3.18. The van der Waals surface area contributed by atoms with Crippen LogP contribution in [0.1, 0.15) is 13.8 Å². The number of rotatable bonds is 6. The molecule has 2 aromatic carbocycles. The molecule has 0 aliphatic carbocycles. The quantitative estimate of drug-likeness (QED) is 0.826. The van der Waals surface area contributed by atoms with Crippen molar-refractivity contribution in [3.8, 4) is 5.75 Å². The Morgan fingerprint density at radius 1 is 1.26 bits per heavy atom. The number of para-hydroxylation sites is 2. The normalized spacial score (nSPS) is 10.5. The highest BCUT2D eigenvalue weighted by Crippen LogP contribution is 2.24. The average Bonchev–Trinajstić information content (AvgIpc) is 2.49. The first-order valence-electron chi connectivity index (χ1n) is 7.20. The lowest BCUT2D eigenvalue weighted by Gasteiger charge is -2.15.